The van der Waals surface area contributed by atoms with E-state index in [1.54, 1.807) is 17.2 Å². The summed E-state index contributed by atoms with van der Waals surface area (Å²) < 4.78 is 5.69. The molecule has 0 saturated carbocycles. The molecule has 4 rings (SSSR count). The largest absolute Gasteiger partial charge is 0.440 e. The minimum absolute atomic E-state index is 0.0204. The Morgan fingerprint density at radius 3 is 2.60 bits per heavy atom. The molecular formula is C24H26N4O2. The Labute approximate surface area is 176 Å². The van der Waals surface area contributed by atoms with Gasteiger partial charge in [0, 0.05) is 6.20 Å². The van der Waals surface area contributed by atoms with Crippen molar-refractivity contribution >= 4 is 17.9 Å². The SMILES string of the molecule is Cc1cccc([C@H](C)Nc2nccc(N3C(=O)OC(C)(C)[C@@H]3c3ccccc3)n2)c1. The molecular weight excluding hydrogens is 376 g/mol. The Morgan fingerprint density at radius 1 is 1.10 bits per heavy atom. The molecule has 3 aromatic rings. The molecule has 154 valence electrons. The van der Waals surface area contributed by atoms with Crippen molar-refractivity contribution in [3.05, 3.63) is 83.6 Å². The average molecular weight is 402 g/mol. The first-order chi connectivity index (χ1) is 14.3. The van der Waals surface area contributed by atoms with Crippen LogP contribution in [0.4, 0.5) is 16.6 Å². The van der Waals surface area contributed by atoms with Crippen LogP contribution in [0.2, 0.25) is 0 Å². The van der Waals surface area contributed by atoms with Gasteiger partial charge in [-0.15, -0.1) is 0 Å². The fraction of sp³-hybridized carbons (Fsp3) is 0.292. The molecule has 6 heteroatoms. The molecule has 1 N–H and O–H groups in total. The molecule has 1 aromatic heterocycles. The van der Waals surface area contributed by atoms with Crippen molar-refractivity contribution in [2.75, 3.05) is 10.2 Å². The second kappa shape index (κ2) is 7.78. The number of carbonyl (C=O) groups excluding carboxylic acids is 1. The van der Waals surface area contributed by atoms with E-state index in [0.29, 0.717) is 11.8 Å². The van der Waals surface area contributed by atoms with Gasteiger partial charge >= 0.3 is 6.09 Å². The smallest absolute Gasteiger partial charge is 0.416 e. The molecule has 0 aliphatic carbocycles. The molecule has 1 fully saturated rings. The first-order valence-electron chi connectivity index (χ1n) is 10.1. The number of ether oxygens (including phenoxy) is 1. The van der Waals surface area contributed by atoms with Crippen molar-refractivity contribution in [3.8, 4) is 0 Å². The van der Waals surface area contributed by atoms with Crippen molar-refractivity contribution < 1.29 is 9.53 Å². The number of hydrogen-bond donors (Lipinski definition) is 1. The summed E-state index contributed by atoms with van der Waals surface area (Å²) in [4.78, 5) is 23.4. The van der Waals surface area contributed by atoms with Crippen molar-refractivity contribution in [2.45, 2.75) is 45.4 Å². The Bertz CT molecular complexity index is 1050. The van der Waals surface area contributed by atoms with Crippen LogP contribution in [0.5, 0.6) is 0 Å². The summed E-state index contributed by atoms with van der Waals surface area (Å²) in [6, 6.07) is 19.7. The van der Waals surface area contributed by atoms with E-state index in [2.05, 4.69) is 47.3 Å². The third kappa shape index (κ3) is 3.85. The van der Waals surface area contributed by atoms with E-state index >= 15 is 0 Å². The summed E-state index contributed by atoms with van der Waals surface area (Å²) in [5.74, 6) is 0.971. The van der Waals surface area contributed by atoms with Gasteiger partial charge in [-0.2, -0.15) is 4.98 Å². The van der Waals surface area contributed by atoms with Crippen molar-refractivity contribution in [3.63, 3.8) is 0 Å². The lowest BCUT2D eigenvalue weighted by Gasteiger charge is -2.28. The van der Waals surface area contributed by atoms with Crippen molar-refractivity contribution in [1.82, 2.24) is 9.97 Å². The number of nitrogens with one attached hydrogen (secondary N) is 1. The lowest BCUT2D eigenvalue weighted by atomic mass is 9.91. The second-order valence-corrected chi connectivity index (χ2v) is 8.17. The Balaban J connectivity index is 1.64. The number of cyclic esters (lactones) is 1. The van der Waals surface area contributed by atoms with Crippen LogP contribution in [0.25, 0.3) is 0 Å². The minimum Gasteiger partial charge on any atom is -0.440 e. The van der Waals surface area contributed by atoms with Gasteiger partial charge in [-0.25, -0.2) is 14.7 Å². The van der Waals surface area contributed by atoms with Crippen molar-refractivity contribution in [2.24, 2.45) is 0 Å². The standard InChI is InChI=1S/C24H26N4O2/c1-16-9-8-12-19(15-16)17(2)26-22-25-14-13-20(27-22)28-21(18-10-6-5-7-11-18)24(3,4)30-23(28)29/h5-15,17,21H,1-4H3,(H,25,26,27)/t17-,21-/m0/s1. The van der Waals surface area contributed by atoms with Crippen LogP contribution in [0.3, 0.4) is 0 Å². The summed E-state index contributed by atoms with van der Waals surface area (Å²) >= 11 is 0. The maximum absolute atomic E-state index is 12.8. The third-order valence-corrected chi connectivity index (χ3v) is 5.35. The number of carbonyl (C=O) groups is 1. The molecule has 6 nitrogen and oxygen atoms in total. The number of rotatable bonds is 5. The molecule has 2 atom stereocenters. The quantitative estimate of drug-likeness (QED) is 0.616. The van der Waals surface area contributed by atoms with Crippen molar-refractivity contribution in [1.29, 1.82) is 0 Å². The van der Waals surface area contributed by atoms with Gasteiger partial charge in [0.25, 0.3) is 0 Å². The zero-order valence-corrected chi connectivity index (χ0v) is 17.7. The van der Waals surface area contributed by atoms with E-state index in [1.807, 2.05) is 50.2 Å². The van der Waals surface area contributed by atoms with E-state index < -0.39 is 11.7 Å². The first-order valence-corrected chi connectivity index (χ1v) is 10.1. The number of hydrogen-bond acceptors (Lipinski definition) is 5. The molecule has 0 bridgehead atoms. The minimum atomic E-state index is -0.689. The van der Waals surface area contributed by atoms with Gasteiger partial charge in [0.15, 0.2) is 0 Å². The van der Waals surface area contributed by atoms with Gasteiger partial charge in [-0.05, 0) is 44.9 Å². The number of amides is 1. The van der Waals surface area contributed by atoms with Crippen LogP contribution in [0, 0.1) is 6.92 Å². The van der Waals surface area contributed by atoms with E-state index in [1.165, 1.54) is 5.56 Å². The topological polar surface area (TPSA) is 67.4 Å². The predicted molar refractivity (Wildman–Crippen MR) is 117 cm³/mol. The van der Waals surface area contributed by atoms with E-state index in [4.69, 9.17) is 4.74 Å². The molecule has 1 saturated heterocycles. The summed E-state index contributed by atoms with van der Waals surface area (Å²) in [6.07, 6.45) is 1.25. The highest BCUT2D eigenvalue weighted by atomic mass is 16.6. The fourth-order valence-electron chi connectivity index (χ4n) is 3.93. The molecule has 0 spiro atoms. The van der Waals surface area contributed by atoms with E-state index in [0.717, 1.165) is 11.1 Å². The molecule has 1 aliphatic rings. The highest BCUT2D eigenvalue weighted by Gasteiger charge is 2.49. The first kappa shape index (κ1) is 19.9. The van der Waals surface area contributed by atoms with Gasteiger partial charge < -0.3 is 10.1 Å². The van der Waals surface area contributed by atoms with Crippen LogP contribution in [0.1, 0.15) is 49.5 Å². The Morgan fingerprint density at radius 2 is 1.87 bits per heavy atom. The number of nitrogens with zero attached hydrogens (tertiary/aromatic N) is 3. The van der Waals surface area contributed by atoms with Crippen LogP contribution in [0.15, 0.2) is 66.9 Å². The van der Waals surface area contributed by atoms with Crippen LogP contribution < -0.4 is 10.2 Å². The van der Waals surface area contributed by atoms with E-state index in [9.17, 15) is 4.79 Å². The fourth-order valence-corrected chi connectivity index (χ4v) is 3.93. The van der Waals surface area contributed by atoms with Crippen LogP contribution in [-0.2, 0) is 4.74 Å². The van der Waals surface area contributed by atoms with Gasteiger partial charge in [0.05, 0.1) is 6.04 Å². The highest BCUT2D eigenvalue weighted by molar-refractivity contribution is 5.90. The van der Waals surface area contributed by atoms with Crippen LogP contribution >= 0.6 is 0 Å². The molecule has 30 heavy (non-hydrogen) atoms. The predicted octanol–water partition coefficient (Wildman–Crippen LogP) is 5.43. The number of anilines is 2. The highest BCUT2D eigenvalue weighted by Crippen LogP contribution is 2.43. The molecule has 1 aliphatic heterocycles. The zero-order chi connectivity index (χ0) is 21.3. The van der Waals surface area contributed by atoms with Gasteiger partial charge in [-0.3, -0.25) is 0 Å². The molecule has 1 amide bonds. The Kier molecular flexibility index (Phi) is 5.16. The van der Waals surface area contributed by atoms with Gasteiger partial charge in [-0.1, -0.05) is 60.2 Å². The monoisotopic (exact) mass is 402 g/mol. The summed E-state index contributed by atoms with van der Waals surface area (Å²) in [6.45, 7) is 7.97. The third-order valence-electron chi connectivity index (χ3n) is 5.35. The maximum Gasteiger partial charge on any atom is 0.416 e. The number of aromatic nitrogens is 2. The second-order valence-electron chi connectivity index (χ2n) is 8.17. The molecule has 2 heterocycles. The lowest BCUT2D eigenvalue weighted by Crippen LogP contribution is -2.34. The normalized spacial score (nSPS) is 18.7. The van der Waals surface area contributed by atoms with Gasteiger partial charge in [0.1, 0.15) is 17.5 Å². The maximum atomic E-state index is 12.8. The molecule has 0 radical (unpaired) electrons. The Hall–Kier alpha value is -3.41. The zero-order valence-electron chi connectivity index (χ0n) is 17.7. The summed E-state index contributed by atoms with van der Waals surface area (Å²) in [5, 5.41) is 3.34. The summed E-state index contributed by atoms with van der Waals surface area (Å²) in [7, 11) is 0. The van der Waals surface area contributed by atoms with E-state index in [-0.39, 0.29) is 12.1 Å². The average Bonchev–Trinajstić information content (AvgIpc) is 2.97. The number of benzene rings is 2. The number of aryl methyl sites for hydroxylation is 1. The molecule has 2 aromatic carbocycles. The van der Waals surface area contributed by atoms with Crippen LogP contribution in [-0.4, -0.2) is 21.7 Å². The molecule has 0 unspecified atom stereocenters. The lowest BCUT2D eigenvalue weighted by molar-refractivity contribution is 0.0685. The summed E-state index contributed by atoms with van der Waals surface area (Å²) in [5.41, 5.74) is 2.65. The van der Waals surface area contributed by atoms with Gasteiger partial charge in [0.2, 0.25) is 5.95 Å².